The highest BCUT2D eigenvalue weighted by atomic mass is 79.9. The Labute approximate surface area is 168 Å². The molecular weight excluding hydrogens is 526 g/mol. The van der Waals surface area contributed by atoms with E-state index in [0.29, 0.717) is 24.9 Å². The standard InChI is InChI=1S/C8H5BrN2O2.C7H5Br2NO2/c1-13-8(12)5-2-6(4-10)11-7(9)3-5;1-12-7(11)4-2-5(8)10-6(9)3-4/h2-3H,1H3;2-3H,1H3. The van der Waals surface area contributed by atoms with E-state index >= 15 is 0 Å². The smallest absolute Gasteiger partial charge is 0.338 e. The number of carbonyl (C=O) groups excluding carboxylic acids is 2. The summed E-state index contributed by atoms with van der Waals surface area (Å²) in [5.41, 5.74) is 0.946. The third-order valence-electron chi connectivity index (χ3n) is 2.51. The van der Waals surface area contributed by atoms with Crippen LogP contribution in [-0.4, -0.2) is 36.1 Å². The largest absolute Gasteiger partial charge is 0.465 e. The van der Waals surface area contributed by atoms with Gasteiger partial charge < -0.3 is 9.47 Å². The number of nitriles is 1. The van der Waals surface area contributed by atoms with Crippen molar-refractivity contribution in [1.82, 2.24) is 9.97 Å². The van der Waals surface area contributed by atoms with Crippen LogP contribution in [0.4, 0.5) is 0 Å². The van der Waals surface area contributed by atoms with E-state index in [-0.39, 0.29) is 11.7 Å². The Hall–Kier alpha value is -1.83. The molecule has 0 aliphatic rings. The second kappa shape index (κ2) is 10.2. The Morgan fingerprint density at radius 1 is 0.880 bits per heavy atom. The zero-order valence-corrected chi connectivity index (χ0v) is 17.7. The molecule has 0 N–H and O–H groups in total. The lowest BCUT2D eigenvalue weighted by Crippen LogP contribution is -2.02. The molecule has 10 heteroatoms. The highest BCUT2D eigenvalue weighted by Gasteiger charge is 2.08. The maximum absolute atomic E-state index is 11.1. The molecule has 2 aromatic rings. The van der Waals surface area contributed by atoms with Gasteiger partial charge in [0.25, 0.3) is 0 Å². The summed E-state index contributed by atoms with van der Waals surface area (Å²) in [6.45, 7) is 0. The first-order valence-corrected chi connectivity index (χ1v) is 8.76. The lowest BCUT2D eigenvalue weighted by atomic mass is 10.2. The number of rotatable bonds is 2. The summed E-state index contributed by atoms with van der Waals surface area (Å²) < 4.78 is 10.7. The normalized spacial score (nSPS) is 9.28. The van der Waals surface area contributed by atoms with E-state index in [9.17, 15) is 9.59 Å². The predicted molar refractivity (Wildman–Crippen MR) is 99.0 cm³/mol. The average Bonchev–Trinajstić information content (AvgIpc) is 2.59. The van der Waals surface area contributed by atoms with Gasteiger partial charge in [0.1, 0.15) is 25.6 Å². The zero-order valence-electron chi connectivity index (χ0n) is 12.9. The van der Waals surface area contributed by atoms with Crippen LogP contribution < -0.4 is 0 Å². The van der Waals surface area contributed by atoms with E-state index in [1.165, 1.54) is 26.4 Å². The van der Waals surface area contributed by atoms with Gasteiger partial charge in [0.2, 0.25) is 0 Å². The van der Waals surface area contributed by atoms with E-state index < -0.39 is 5.97 Å². The molecule has 0 fully saturated rings. The fourth-order valence-corrected chi connectivity index (χ4v) is 3.04. The molecule has 0 saturated carbocycles. The van der Waals surface area contributed by atoms with Crippen molar-refractivity contribution in [3.8, 4) is 6.07 Å². The van der Waals surface area contributed by atoms with Gasteiger partial charge in [-0.25, -0.2) is 19.6 Å². The van der Waals surface area contributed by atoms with Crippen LogP contribution in [0.25, 0.3) is 0 Å². The van der Waals surface area contributed by atoms with Crippen LogP contribution in [0.3, 0.4) is 0 Å². The number of hydrogen-bond donors (Lipinski definition) is 0. The number of aromatic nitrogens is 2. The zero-order chi connectivity index (χ0) is 19.0. The van der Waals surface area contributed by atoms with Crippen molar-refractivity contribution in [2.75, 3.05) is 14.2 Å². The summed E-state index contributed by atoms with van der Waals surface area (Å²) in [5, 5.41) is 8.56. The van der Waals surface area contributed by atoms with E-state index in [4.69, 9.17) is 5.26 Å². The van der Waals surface area contributed by atoms with Crippen molar-refractivity contribution in [2.24, 2.45) is 0 Å². The van der Waals surface area contributed by atoms with Gasteiger partial charge in [-0.2, -0.15) is 5.26 Å². The average molecular weight is 536 g/mol. The fraction of sp³-hybridized carbons (Fsp3) is 0.133. The molecular formula is C15H10Br3N3O4. The van der Waals surface area contributed by atoms with Crippen molar-refractivity contribution >= 4 is 59.7 Å². The first-order chi connectivity index (χ1) is 11.8. The van der Waals surface area contributed by atoms with Gasteiger partial charge in [-0.3, -0.25) is 0 Å². The SMILES string of the molecule is COC(=O)c1cc(Br)nc(Br)c1.COC(=O)c1cc(Br)nc(C#N)c1. The van der Waals surface area contributed by atoms with Crippen LogP contribution in [0, 0.1) is 11.3 Å². The van der Waals surface area contributed by atoms with Gasteiger partial charge in [-0.1, -0.05) is 0 Å². The monoisotopic (exact) mass is 533 g/mol. The predicted octanol–water partition coefficient (Wildman–Crippen LogP) is 3.90. The minimum absolute atomic E-state index is 0.176. The van der Waals surface area contributed by atoms with Gasteiger partial charge >= 0.3 is 11.9 Å². The van der Waals surface area contributed by atoms with E-state index in [0.717, 1.165) is 0 Å². The molecule has 0 aliphatic carbocycles. The number of carbonyl (C=O) groups is 2. The van der Waals surface area contributed by atoms with Crippen LogP contribution in [0.15, 0.2) is 38.1 Å². The topological polar surface area (TPSA) is 102 Å². The molecule has 0 bridgehead atoms. The molecule has 7 nitrogen and oxygen atoms in total. The molecule has 2 heterocycles. The minimum atomic E-state index is -0.486. The van der Waals surface area contributed by atoms with Crippen molar-refractivity contribution in [1.29, 1.82) is 5.26 Å². The summed E-state index contributed by atoms with van der Waals surface area (Å²) in [6.07, 6.45) is 0. The van der Waals surface area contributed by atoms with Gasteiger partial charge in [-0.15, -0.1) is 0 Å². The van der Waals surface area contributed by atoms with Gasteiger partial charge in [0, 0.05) is 0 Å². The molecule has 25 heavy (non-hydrogen) atoms. The van der Waals surface area contributed by atoms with Crippen molar-refractivity contribution in [3.05, 3.63) is 54.9 Å². The summed E-state index contributed by atoms with van der Waals surface area (Å²) in [6, 6.07) is 7.89. The van der Waals surface area contributed by atoms with Crippen LogP contribution in [-0.2, 0) is 9.47 Å². The van der Waals surface area contributed by atoms with E-state index in [2.05, 4.69) is 67.2 Å². The molecule has 0 unspecified atom stereocenters. The lowest BCUT2D eigenvalue weighted by Gasteiger charge is -1.99. The van der Waals surface area contributed by atoms with Gasteiger partial charge in [-0.05, 0) is 72.1 Å². The van der Waals surface area contributed by atoms with Crippen molar-refractivity contribution in [2.45, 2.75) is 0 Å². The minimum Gasteiger partial charge on any atom is -0.465 e. The number of ether oxygens (including phenoxy) is 2. The van der Waals surface area contributed by atoms with Crippen LogP contribution in [0.1, 0.15) is 26.4 Å². The summed E-state index contributed by atoms with van der Waals surface area (Å²) in [7, 11) is 2.62. The molecule has 0 radical (unpaired) electrons. The van der Waals surface area contributed by atoms with Crippen molar-refractivity contribution in [3.63, 3.8) is 0 Å². The molecule has 2 aromatic heterocycles. The Morgan fingerprint density at radius 2 is 1.28 bits per heavy atom. The molecule has 130 valence electrons. The molecule has 0 aromatic carbocycles. The number of esters is 2. The summed E-state index contributed by atoms with van der Waals surface area (Å²) in [5.74, 6) is -0.863. The third-order valence-corrected chi connectivity index (χ3v) is 3.73. The highest BCUT2D eigenvalue weighted by molar-refractivity contribution is 9.11. The van der Waals surface area contributed by atoms with Gasteiger partial charge in [0.05, 0.1) is 25.3 Å². The Bertz CT molecular complexity index is 817. The third kappa shape index (κ3) is 6.89. The summed E-state index contributed by atoms with van der Waals surface area (Å²) >= 11 is 9.40. The van der Waals surface area contributed by atoms with Crippen LogP contribution >= 0.6 is 47.8 Å². The van der Waals surface area contributed by atoms with Crippen molar-refractivity contribution < 1.29 is 19.1 Å². The molecule has 0 saturated heterocycles. The highest BCUT2D eigenvalue weighted by Crippen LogP contribution is 2.16. The molecule has 0 aliphatic heterocycles. The van der Waals surface area contributed by atoms with E-state index in [1.807, 2.05) is 6.07 Å². The Morgan fingerprint density at radius 3 is 1.68 bits per heavy atom. The maximum Gasteiger partial charge on any atom is 0.338 e. The number of nitrogens with zero attached hydrogens (tertiary/aromatic N) is 3. The van der Waals surface area contributed by atoms with Gasteiger partial charge in [0.15, 0.2) is 0 Å². The number of methoxy groups -OCH3 is 2. The van der Waals surface area contributed by atoms with Crippen LogP contribution in [0.2, 0.25) is 0 Å². The Kier molecular flexibility index (Phi) is 8.68. The fourth-order valence-electron chi connectivity index (χ4n) is 1.49. The quantitative estimate of drug-likeness (QED) is 0.424. The first-order valence-electron chi connectivity index (χ1n) is 6.38. The molecule has 0 spiro atoms. The maximum atomic E-state index is 11.1. The Balaban J connectivity index is 0.000000251. The second-order valence-corrected chi connectivity index (χ2v) is 6.60. The van der Waals surface area contributed by atoms with Crippen LogP contribution in [0.5, 0.6) is 0 Å². The first kappa shape index (κ1) is 21.2. The molecule has 0 amide bonds. The second-order valence-electron chi connectivity index (χ2n) is 4.16. The summed E-state index contributed by atoms with van der Waals surface area (Å²) in [4.78, 5) is 29.9. The molecule has 2 rings (SSSR count). The number of halogens is 3. The number of hydrogen-bond acceptors (Lipinski definition) is 7. The number of pyridine rings is 2. The van der Waals surface area contributed by atoms with E-state index in [1.54, 1.807) is 12.1 Å². The lowest BCUT2D eigenvalue weighted by molar-refractivity contribution is 0.0591. The molecule has 0 atom stereocenters.